The van der Waals surface area contributed by atoms with Gasteiger partial charge < -0.3 is 9.47 Å². The number of hydrogen-bond donors (Lipinski definition) is 0. The SMILES string of the molecule is C=CC(=O)Oc1c2c(c(OC(=O)C(=C)C)c3cccc(Br)c13)C1CCC2C1. The van der Waals surface area contributed by atoms with Crippen molar-refractivity contribution in [3.05, 3.63) is 58.6 Å². The van der Waals surface area contributed by atoms with E-state index in [1.807, 2.05) is 18.2 Å². The van der Waals surface area contributed by atoms with E-state index in [0.29, 0.717) is 28.9 Å². The van der Waals surface area contributed by atoms with Crippen LogP contribution in [0.15, 0.2) is 47.5 Å². The highest BCUT2D eigenvalue weighted by atomic mass is 79.9. The summed E-state index contributed by atoms with van der Waals surface area (Å²) in [5.74, 6) is 0.791. The number of halogens is 1. The molecular formula is C22H19BrO4. The largest absolute Gasteiger partial charge is 0.422 e. The van der Waals surface area contributed by atoms with Crippen LogP contribution >= 0.6 is 15.9 Å². The molecule has 2 aromatic carbocycles. The molecule has 0 saturated heterocycles. The molecule has 4 rings (SSSR count). The van der Waals surface area contributed by atoms with Crippen LogP contribution in [0.5, 0.6) is 11.5 Å². The molecule has 0 aliphatic heterocycles. The Labute approximate surface area is 166 Å². The van der Waals surface area contributed by atoms with Gasteiger partial charge in [-0.2, -0.15) is 0 Å². The fraction of sp³-hybridized carbons (Fsp3) is 0.273. The summed E-state index contributed by atoms with van der Waals surface area (Å²) in [7, 11) is 0. The topological polar surface area (TPSA) is 52.6 Å². The van der Waals surface area contributed by atoms with E-state index in [2.05, 4.69) is 29.1 Å². The quantitative estimate of drug-likeness (QED) is 0.365. The highest BCUT2D eigenvalue weighted by molar-refractivity contribution is 9.10. The smallest absolute Gasteiger partial charge is 0.338 e. The average molecular weight is 427 g/mol. The molecule has 5 heteroatoms. The van der Waals surface area contributed by atoms with Gasteiger partial charge in [-0.05, 0) is 44.1 Å². The van der Waals surface area contributed by atoms with Gasteiger partial charge in [-0.25, -0.2) is 9.59 Å². The van der Waals surface area contributed by atoms with E-state index in [1.54, 1.807) is 6.92 Å². The number of ether oxygens (including phenoxy) is 2. The van der Waals surface area contributed by atoms with Crippen LogP contribution in [-0.2, 0) is 9.59 Å². The Morgan fingerprint density at radius 1 is 1.15 bits per heavy atom. The van der Waals surface area contributed by atoms with Gasteiger partial charge in [0.1, 0.15) is 11.5 Å². The molecule has 2 bridgehead atoms. The lowest BCUT2D eigenvalue weighted by Gasteiger charge is -2.24. The highest BCUT2D eigenvalue weighted by Crippen LogP contribution is 2.61. The molecule has 0 spiro atoms. The number of esters is 2. The van der Waals surface area contributed by atoms with E-state index in [-0.39, 0.29) is 0 Å². The van der Waals surface area contributed by atoms with Crippen LogP contribution in [-0.4, -0.2) is 11.9 Å². The molecule has 138 valence electrons. The number of carbonyl (C=O) groups excluding carboxylic acids is 2. The van der Waals surface area contributed by atoms with Gasteiger partial charge in [0.05, 0.1) is 0 Å². The van der Waals surface area contributed by atoms with Gasteiger partial charge >= 0.3 is 11.9 Å². The van der Waals surface area contributed by atoms with E-state index in [0.717, 1.165) is 51.7 Å². The zero-order valence-electron chi connectivity index (χ0n) is 15.0. The fourth-order valence-corrected chi connectivity index (χ4v) is 4.87. The Morgan fingerprint density at radius 2 is 1.81 bits per heavy atom. The summed E-state index contributed by atoms with van der Waals surface area (Å²) in [5.41, 5.74) is 2.33. The van der Waals surface area contributed by atoms with Crippen molar-refractivity contribution >= 4 is 38.6 Å². The molecular weight excluding hydrogens is 408 g/mol. The second-order valence-electron chi connectivity index (χ2n) is 7.15. The Balaban J connectivity index is 2.06. The molecule has 1 saturated carbocycles. The van der Waals surface area contributed by atoms with Gasteiger partial charge in [-0.15, -0.1) is 0 Å². The molecule has 0 aromatic heterocycles. The van der Waals surface area contributed by atoms with Crippen molar-refractivity contribution in [2.75, 3.05) is 0 Å². The Hall–Kier alpha value is -2.40. The number of hydrogen-bond acceptors (Lipinski definition) is 4. The summed E-state index contributed by atoms with van der Waals surface area (Å²) < 4.78 is 12.3. The van der Waals surface area contributed by atoms with E-state index in [4.69, 9.17) is 9.47 Å². The zero-order chi connectivity index (χ0) is 19.3. The molecule has 2 aromatic rings. The molecule has 27 heavy (non-hydrogen) atoms. The van der Waals surface area contributed by atoms with Gasteiger partial charge in [-0.3, -0.25) is 0 Å². The second kappa shape index (κ2) is 6.64. The molecule has 0 heterocycles. The van der Waals surface area contributed by atoms with E-state index in [1.165, 1.54) is 0 Å². The van der Waals surface area contributed by atoms with Crippen LogP contribution in [0, 0.1) is 0 Å². The molecule has 2 aliphatic carbocycles. The van der Waals surface area contributed by atoms with Crippen molar-refractivity contribution in [3.63, 3.8) is 0 Å². The number of fused-ring (bicyclic) bond motifs is 6. The molecule has 2 unspecified atom stereocenters. The van der Waals surface area contributed by atoms with Crippen molar-refractivity contribution in [2.45, 2.75) is 38.0 Å². The number of rotatable bonds is 4. The third-order valence-electron chi connectivity index (χ3n) is 5.43. The van der Waals surface area contributed by atoms with Gasteiger partial charge in [0.2, 0.25) is 0 Å². The van der Waals surface area contributed by atoms with Crippen molar-refractivity contribution in [1.29, 1.82) is 0 Å². The van der Waals surface area contributed by atoms with E-state index in [9.17, 15) is 9.59 Å². The van der Waals surface area contributed by atoms with Gasteiger partial charge in [0.25, 0.3) is 0 Å². The van der Waals surface area contributed by atoms with Crippen molar-refractivity contribution in [1.82, 2.24) is 0 Å². The van der Waals surface area contributed by atoms with Crippen molar-refractivity contribution < 1.29 is 19.1 Å². The predicted molar refractivity (Wildman–Crippen MR) is 107 cm³/mol. The molecule has 0 N–H and O–H groups in total. The molecule has 2 aliphatic rings. The van der Waals surface area contributed by atoms with E-state index < -0.39 is 11.9 Å². The van der Waals surface area contributed by atoms with E-state index >= 15 is 0 Å². The highest BCUT2D eigenvalue weighted by Gasteiger charge is 2.43. The van der Waals surface area contributed by atoms with Gasteiger partial charge in [0, 0.05) is 38.0 Å². The van der Waals surface area contributed by atoms with Gasteiger partial charge in [0.15, 0.2) is 0 Å². The fourth-order valence-electron chi connectivity index (χ4n) is 4.32. The summed E-state index contributed by atoms with van der Waals surface area (Å²) in [6, 6.07) is 5.65. The Bertz CT molecular complexity index is 1020. The first-order chi connectivity index (χ1) is 12.9. The molecule has 1 fully saturated rings. The molecule has 4 nitrogen and oxygen atoms in total. The minimum absolute atomic E-state index is 0.302. The van der Waals surface area contributed by atoms with Crippen LogP contribution in [0.25, 0.3) is 10.8 Å². The van der Waals surface area contributed by atoms with Gasteiger partial charge in [-0.1, -0.05) is 41.2 Å². The zero-order valence-corrected chi connectivity index (χ0v) is 16.6. The molecule has 2 atom stereocenters. The lowest BCUT2D eigenvalue weighted by Crippen LogP contribution is -2.14. The minimum atomic E-state index is -0.497. The van der Waals surface area contributed by atoms with Crippen LogP contribution in [0.1, 0.15) is 49.1 Å². The molecule has 0 amide bonds. The van der Waals surface area contributed by atoms with Crippen LogP contribution in [0.2, 0.25) is 0 Å². The van der Waals surface area contributed by atoms with Crippen molar-refractivity contribution in [3.8, 4) is 11.5 Å². The van der Waals surface area contributed by atoms with Crippen LogP contribution in [0.3, 0.4) is 0 Å². The first kappa shape index (κ1) is 18.0. The van der Waals surface area contributed by atoms with Crippen LogP contribution in [0.4, 0.5) is 0 Å². The maximum Gasteiger partial charge on any atom is 0.338 e. The maximum atomic E-state index is 12.3. The minimum Gasteiger partial charge on any atom is -0.422 e. The Kier molecular flexibility index (Phi) is 4.42. The number of carbonyl (C=O) groups is 2. The second-order valence-corrected chi connectivity index (χ2v) is 8.00. The number of benzene rings is 2. The predicted octanol–water partition coefficient (Wildman–Crippen LogP) is 5.54. The summed E-state index contributed by atoms with van der Waals surface area (Å²) >= 11 is 3.58. The van der Waals surface area contributed by atoms with Crippen LogP contribution < -0.4 is 9.47 Å². The normalized spacial score (nSPS) is 19.6. The maximum absolute atomic E-state index is 12.3. The first-order valence-electron chi connectivity index (χ1n) is 8.92. The summed E-state index contributed by atoms with van der Waals surface area (Å²) in [6.07, 6.45) is 4.24. The molecule has 0 radical (unpaired) electrons. The average Bonchev–Trinajstić information content (AvgIpc) is 3.25. The first-order valence-corrected chi connectivity index (χ1v) is 9.71. The summed E-state index contributed by atoms with van der Waals surface area (Å²) in [6.45, 7) is 8.84. The van der Waals surface area contributed by atoms with Crippen molar-refractivity contribution in [2.24, 2.45) is 0 Å². The third kappa shape index (κ3) is 2.81. The Morgan fingerprint density at radius 3 is 2.44 bits per heavy atom. The standard InChI is InChI=1S/C22H19BrO4/c1-4-16(24)26-21-18-13-9-8-12(10-13)17(18)20(27-22(25)11(2)3)14-6-5-7-15(23)19(14)21/h4-7,12-13H,1-2,8-10H2,3H3. The lowest BCUT2D eigenvalue weighted by molar-refractivity contribution is -0.130. The summed E-state index contributed by atoms with van der Waals surface area (Å²) in [5, 5.41) is 1.49. The third-order valence-corrected chi connectivity index (χ3v) is 6.09. The summed E-state index contributed by atoms with van der Waals surface area (Å²) in [4.78, 5) is 24.4. The lowest BCUT2D eigenvalue weighted by atomic mass is 9.87. The monoisotopic (exact) mass is 426 g/mol.